The number of methoxy groups -OCH3 is 1. The maximum absolute atomic E-state index is 13.1. The zero-order valence-corrected chi connectivity index (χ0v) is 17.8. The number of rotatable bonds is 4. The van der Waals surface area contributed by atoms with Crippen LogP contribution in [0.15, 0.2) is 29.8 Å². The monoisotopic (exact) mass is 410 g/mol. The van der Waals surface area contributed by atoms with Gasteiger partial charge in [-0.1, -0.05) is 43.5 Å². The second-order valence-corrected chi connectivity index (χ2v) is 8.66. The van der Waals surface area contributed by atoms with Crippen LogP contribution < -0.4 is 5.32 Å². The van der Waals surface area contributed by atoms with E-state index in [1.807, 2.05) is 17.0 Å². The van der Waals surface area contributed by atoms with Gasteiger partial charge in [-0.3, -0.25) is 4.79 Å². The molecule has 2 bridgehead atoms. The van der Waals surface area contributed by atoms with E-state index in [1.165, 1.54) is 20.5 Å². The first kappa shape index (κ1) is 20.6. The molecule has 0 spiro atoms. The lowest BCUT2D eigenvalue weighted by Crippen LogP contribution is -2.53. The van der Waals surface area contributed by atoms with E-state index in [2.05, 4.69) is 5.32 Å². The number of carbonyl (C=O) groups excluding carboxylic acids is 3. The van der Waals surface area contributed by atoms with Crippen LogP contribution in [0.2, 0.25) is 0 Å². The summed E-state index contributed by atoms with van der Waals surface area (Å²) in [6, 6.07) is 7.38. The van der Waals surface area contributed by atoms with Crippen LogP contribution in [0.5, 0.6) is 0 Å². The highest BCUT2D eigenvalue weighted by atomic mass is 16.5. The number of nitrogens with one attached hydrogen (secondary N) is 1. The molecule has 2 aliphatic heterocycles. The first-order chi connectivity index (χ1) is 14.5. The van der Waals surface area contributed by atoms with Crippen LogP contribution in [0.3, 0.4) is 0 Å². The van der Waals surface area contributed by atoms with Crippen LogP contribution in [0.1, 0.15) is 74.2 Å². The summed E-state index contributed by atoms with van der Waals surface area (Å²) in [5.41, 5.74) is 3.09. The van der Waals surface area contributed by atoms with Crippen LogP contribution in [0, 0.1) is 0 Å². The lowest BCUT2D eigenvalue weighted by Gasteiger charge is -2.38. The molecule has 30 heavy (non-hydrogen) atoms. The van der Waals surface area contributed by atoms with Crippen molar-refractivity contribution in [3.63, 3.8) is 0 Å². The second kappa shape index (κ2) is 8.62. The summed E-state index contributed by atoms with van der Waals surface area (Å²) < 4.78 is 5.12. The van der Waals surface area contributed by atoms with E-state index in [-0.39, 0.29) is 35.9 Å². The zero-order valence-electron chi connectivity index (χ0n) is 17.8. The third-order valence-corrected chi connectivity index (χ3v) is 6.81. The van der Waals surface area contributed by atoms with Gasteiger partial charge in [0.15, 0.2) is 5.78 Å². The summed E-state index contributed by atoms with van der Waals surface area (Å²) in [4.78, 5) is 39.4. The molecule has 1 saturated carbocycles. The molecule has 3 aliphatic rings. The number of urea groups is 1. The minimum absolute atomic E-state index is 0.0120. The minimum Gasteiger partial charge on any atom is -0.466 e. The Morgan fingerprint density at radius 1 is 1.00 bits per heavy atom. The van der Waals surface area contributed by atoms with E-state index in [0.717, 1.165) is 49.7 Å². The third-order valence-electron chi connectivity index (χ3n) is 6.81. The molecule has 2 atom stereocenters. The molecule has 2 fully saturated rings. The van der Waals surface area contributed by atoms with E-state index in [1.54, 1.807) is 12.1 Å². The lowest BCUT2D eigenvalue weighted by atomic mass is 9.88. The van der Waals surface area contributed by atoms with Crippen LogP contribution in [0.25, 0.3) is 5.57 Å². The van der Waals surface area contributed by atoms with Gasteiger partial charge >= 0.3 is 12.0 Å². The van der Waals surface area contributed by atoms with Crippen LogP contribution in [-0.4, -0.2) is 47.9 Å². The molecule has 6 nitrogen and oxygen atoms in total. The number of amides is 2. The Labute approximate surface area is 177 Å². The van der Waals surface area contributed by atoms with Crippen molar-refractivity contribution in [1.82, 2.24) is 10.2 Å². The minimum atomic E-state index is -0.374. The molecule has 1 aromatic rings. The van der Waals surface area contributed by atoms with Gasteiger partial charge in [-0.2, -0.15) is 0 Å². The fraction of sp³-hybridized carbons (Fsp3) is 0.542. The van der Waals surface area contributed by atoms with E-state index < -0.39 is 0 Å². The van der Waals surface area contributed by atoms with Crippen molar-refractivity contribution in [1.29, 1.82) is 0 Å². The molecule has 6 heteroatoms. The van der Waals surface area contributed by atoms with Crippen LogP contribution >= 0.6 is 0 Å². The average Bonchev–Trinajstić information content (AvgIpc) is 3.07. The quantitative estimate of drug-likeness (QED) is 0.599. The molecule has 4 rings (SSSR count). The maximum Gasteiger partial charge on any atom is 0.336 e. The van der Waals surface area contributed by atoms with Gasteiger partial charge in [0.2, 0.25) is 0 Å². The van der Waals surface area contributed by atoms with Crippen molar-refractivity contribution < 1.29 is 19.1 Å². The first-order valence-electron chi connectivity index (χ1n) is 11.0. The predicted octanol–water partition coefficient (Wildman–Crippen LogP) is 4.09. The molecule has 1 saturated heterocycles. The van der Waals surface area contributed by atoms with Crippen molar-refractivity contribution >= 4 is 23.4 Å². The van der Waals surface area contributed by atoms with Gasteiger partial charge in [0.1, 0.15) is 0 Å². The molecular weight excluding hydrogens is 380 g/mol. The Kier molecular flexibility index (Phi) is 5.93. The Morgan fingerprint density at radius 3 is 2.33 bits per heavy atom. The van der Waals surface area contributed by atoms with Gasteiger partial charge in [0.05, 0.1) is 18.7 Å². The number of esters is 1. The molecule has 1 aromatic carbocycles. The Bertz CT molecular complexity index is 868. The van der Waals surface area contributed by atoms with Crippen molar-refractivity contribution in [3.8, 4) is 0 Å². The Morgan fingerprint density at radius 2 is 1.70 bits per heavy atom. The lowest BCUT2D eigenvalue weighted by molar-refractivity contribution is -0.136. The summed E-state index contributed by atoms with van der Waals surface area (Å²) in [5, 5.41) is 3.22. The van der Waals surface area contributed by atoms with E-state index in [9.17, 15) is 14.4 Å². The van der Waals surface area contributed by atoms with Gasteiger partial charge in [0.25, 0.3) is 0 Å². The second-order valence-electron chi connectivity index (χ2n) is 8.66. The smallest absolute Gasteiger partial charge is 0.336 e. The third kappa shape index (κ3) is 3.87. The fourth-order valence-electron chi connectivity index (χ4n) is 5.27. The summed E-state index contributed by atoms with van der Waals surface area (Å²) in [5.74, 6) is -0.362. The number of hydrogen-bond acceptors (Lipinski definition) is 4. The number of benzene rings is 1. The molecule has 0 aromatic heterocycles. The average molecular weight is 411 g/mol. The number of fused-ring (bicyclic) bond motifs is 2. The summed E-state index contributed by atoms with van der Waals surface area (Å²) in [7, 11) is 1.39. The largest absolute Gasteiger partial charge is 0.466 e. The number of hydrogen-bond donors (Lipinski definition) is 1. The van der Waals surface area contributed by atoms with Gasteiger partial charge in [-0.05, 0) is 50.2 Å². The predicted molar refractivity (Wildman–Crippen MR) is 114 cm³/mol. The van der Waals surface area contributed by atoms with Crippen molar-refractivity contribution in [3.05, 3.63) is 41.0 Å². The van der Waals surface area contributed by atoms with Gasteiger partial charge in [-0.25, -0.2) is 9.59 Å². The molecule has 2 heterocycles. The summed E-state index contributed by atoms with van der Waals surface area (Å²) in [6.07, 6.45) is 7.88. The SMILES string of the molecule is COC(=O)C1=C(c2ccc(C(C)=O)cc2)C[C@H]2CC[C@@H]1N2C(=O)NC1CCCCC1. The van der Waals surface area contributed by atoms with E-state index >= 15 is 0 Å². The van der Waals surface area contributed by atoms with E-state index in [4.69, 9.17) is 4.74 Å². The molecular formula is C24H30N2O4. The zero-order chi connectivity index (χ0) is 21.3. The standard InChI is InChI=1S/C24H30N2O4/c1-15(27)16-8-10-17(11-9-16)20-14-19-12-13-21(22(20)23(28)30-2)26(19)24(29)25-18-6-4-3-5-7-18/h8-11,18-19,21H,3-7,12-14H2,1-2H3,(H,25,29)/t19-,21+/m1/s1. The van der Waals surface area contributed by atoms with Gasteiger partial charge in [-0.15, -0.1) is 0 Å². The number of ketones is 1. The number of Topliss-reactive ketones (excluding diaryl/α,β-unsaturated/α-hetero) is 1. The topological polar surface area (TPSA) is 75.7 Å². The number of ether oxygens (including phenoxy) is 1. The molecule has 1 aliphatic carbocycles. The molecule has 2 amide bonds. The van der Waals surface area contributed by atoms with Crippen molar-refractivity contribution in [2.45, 2.75) is 76.4 Å². The molecule has 160 valence electrons. The number of nitrogens with zero attached hydrogens (tertiary/aromatic N) is 1. The normalized spacial score (nSPS) is 24.0. The summed E-state index contributed by atoms with van der Waals surface area (Å²) >= 11 is 0. The first-order valence-corrected chi connectivity index (χ1v) is 11.0. The van der Waals surface area contributed by atoms with Crippen LogP contribution in [0.4, 0.5) is 4.79 Å². The Balaban J connectivity index is 1.63. The van der Waals surface area contributed by atoms with Crippen LogP contribution in [-0.2, 0) is 9.53 Å². The highest BCUT2D eigenvalue weighted by Gasteiger charge is 2.46. The molecule has 1 N–H and O–H groups in total. The maximum atomic E-state index is 13.1. The van der Waals surface area contributed by atoms with Gasteiger partial charge in [0, 0.05) is 17.6 Å². The summed E-state index contributed by atoms with van der Waals surface area (Å²) in [6.45, 7) is 1.54. The highest BCUT2D eigenvalue weighted by molar-refractivity contribution is 6.01. The van der Waals surface area contributed by atoms with Crippen molar-refractivity contribution in [2.75, 3.05) is 7.11 Å². The van der Waals surface area contributed by atoms with Gasteiger partial charge < -0.3 is 15.0 Å². The number of carbonyl (C=O) groups is 3. The van der Waals surface area contributed by atoms with E-state index in [0.29, 0.717) is 17.6 Å². The molecule has 0 radical (unpaired) electrons. The Hall–Kier alpha value is -2.63. The van der Waals surface area contributed by atoms with Crippen molar-refractivity contribution in [2.24, 2.45) is 0 Å². The molecule has 0 unspecified atom stereocenters. The highest BCUT2D eigenvalue weighted by Crippen LogP contribution is 2.43. The fourth-order valence-corrected chi connectivity index (χ4v) is 5.27.